The summed E-state index contributed by atoms with van der Waals surface area (Å²) in [7, 11) is 0. The van der Waals surface area contributed by atoms with Gasteiger partial charge in [0.05, 0.1) is 25.9 Å². The van der Waals surface area contributed by atoms with Gasteiger partial charge in [0.1, 0.15) is 5.88 Å². The molecule has 0 radical (unpaired) electrons. The molecule has 0 spiro atoms. The van der Waals surface area contributed by atoms with Gasteiger partial charge in [0.25, 0.3) is 0 Å². The van der Waals surface area contributed by atoms with Crippen LogP contribution in [-0.4, -0.2) is 36.1 Å². The molecular weight excluding hydrogens is 242 g/mol. The van der Waals surface area contributed by atoms with Crippen LogP contribution in [-0.2, 0) is 16.1 Å². The molecule has 1 rings (SSSR count). The highest BCUT2D eigenvalue weighted by molar-refractivity contribution is 6.27. The number of hydrogen-bond donors (Lipinski definition) is 2. The molecule has 0 aliphatic carbocycles. The Morgan fingerprint density at radius 2 is 2.12 bits per heavy atom. The Morgan fingerprint density at radius 1 is 1.41 bits per heavy atom. The Morgan fingerprint density at radius 3 is 2.71 bits per heavy atom. The van der Waals surface area contributed by atoms with Crippen LogP contribution in [0.2, 0.25) is 0 Å². The lowest BCUT2D eigenvalue weighted by Crippen LogP contribution is -2.41. The molecule has 0 aliphatic rings. The lowest BCUT2D eigenvalue weighted by atomic mass is 10.2. The van der Waals surface area contributed by atoms with Crippen molar-refractivity contribution >= 4 is 17.5 Å². The van der Waals surface area contributed by atoms with Crippen molar-refractivity contribution < 1.29 is 14.6 Å². The number of alkyl halides is 1. The van der Waals surface area contributed by atoms with Crippen molar-refractivity contribution in [2.75, 3.05) is 19.1 Å². The quantitative estimate of drug-likeness (QED) is 0.714. The van der Waals surface area contributed by atoms with Crippen molar-refractivity contribution in [2.24, 2.45) is 0 Å². The first-order valence-corrected chi connectivity index (χ1v) is 5.87. The van der Waals surface area contributed by atoms with Crippen LogP contribution < -0.4 is 5.32 Å². The Labute approximate surface area is 106 Å². The standard InChI is InChI=1S/C12H16ClNO3/c13-6-12(16)14-11(7-15)9-17-8-10-4-2-1-3-5-10/h1-5,11,15H,6-9H2,(H,14,16). The van der Waals surface area contributed by atoms with Crippen LogP contribution in [0.1, 0.15) is 5.56 Å². The number of halogens is 1. The molecule has 0 saturated heterocycles. The molecule has 1 aromatic carbocycles. The summed E-state index contributed by atoms with van der Waals surface area (Å²) in [6.45, 7) is 0.541. The summed E-state index contributed by atoms with van der Waals surface area (Å²) in [5.41, 5.74) is 1.05. The highest BCUT2D eigenvalue weighted by Gasteiger charge is 2.10. The first kappa shape index (κ1) is 14.0. The van der Waals surface area contributed by atoms with Gasteiger partial charge in [-0.15, -0.1) is 11.6 Å². The molecule has 0 bridgehead atoms. The minimum absolute atomic E-state index is 0.116. The molecule has 0 aromatic heterocycles. The number of carbonyl (C=O) groups excluding carboxylic acids is 1. The molecule has 94 valence electrons. The van der Waals surface area contributed by atoms with Crippen molar-refractivity contribution in [2.45, 2.75) is 12.6 Å². The van der Waals surface area contributed by atoms with Gasteiger partial charge in [0, 0.05) is 0 Å². The Balaban J connectivity index is 2.26. The normalized spacial score (nSPS) is 12.1. The predicted molar refractivity (Wildman–Crippen MR) is 65.8 cm³/mol. The maximum atomic E-state index is 11.0. The molecule has 5 heteroatoms. The molecule has 1 aromatic rings. The number of aliphatic hydroxyl groups excluding tert-OH is 1. The molecule has 2 N–H and O–H groups in total. The van der Waals surface area contributed by atoms with E-state index in [-0.39, 0.29) is 25.0 Å². The van der Waals surface area contributed by atoms with E-state index < -0.39 is 6.04 Å². The van der Waals surface area contributed by atoms with Crippen LogP contribution >= 0.6 is 11.6 Å². The second-order valence-electron chi connectivity index (χ2n) is 3.58. The fourth-order valence-electron chi connectivity index (χ4n) is 1.30. The van der Waals surface area contributed by atoms with Crippen molar-refractivity contribution in [1.29, 1.82) is 0 Å². The zero-order valence-corrected chi connectivity index (χ0v) is 10.2. The number of aliphatic hydroxyl groups is 1. The second-order valence-corrected chi connectivity index (χ2v) is 3.85. The summed E-state index contributed by atoms with van der Waals surface area (Å²) >= 11 is 5.35. The average Bonchev–Trinajstić information content (AvgIpc) is 2.38. The molecule has 17 heavy (non-hydrogen) atoms. The minimum Gasteiger partial charge on any atom is -0.394 e. The van der Waals surface area contributed by atoms with E-state index in [0.717, 1.165) is 5.56 Å². The maximum Gasteiger partial charge on any atom is 0.235 e. The molecule has 0 heterocycles. The summed E-state index contributed by atoms with van der Waals surface area (Å²) < 4.78 is 5.40. The Kier molecular flexibility index (Phi) is 6.62. The van der Waals surface area contributed by atoms with Crippen molar-refractivity contribution in [1.82, 2.24) is 5.32 Å². The van der Waals surface area contributed by atoms with E-state index in [9.17, 15) is 4.79 Å². The highest BCUT2D eigenvalue weighted by atomic mass is 35.5. The lowest BCUT2D eigenvalue weighted by Gasteiger charge is -2.15. The number of nitrogens with one attached hydrogen (secondary N) is 1. The summed E-state index contributed by atoms with van der Waals surface area (Å²) in [6.07, 6.45) is 0. The van der Waals surface area contributed by atoms with Crippen LogP contribution in [0, 0.1) is 0 Å². The molecule has 1 unspecified atom stereocenters. The zero-order valence-electron chi connectivity index (χ0n) is 9.43. The SMILES string of the molecule is O=C(CCl)NC(CO)COCc1ccccc1. The van der Waals surface area contributed by atoms with Gasteiger partial charge >= 0.3 is 0 Å². The third-order valence-electron chi connectivity index (χ3n) is 2.14. The van der Waals surface area contributed by atoms with Crippen LogP contribution in [0.5, 0.6) is 0 Å². The van der Waals surface area contributed by atoms with Crippen molar-refractivity contribution in [3.63, 3.8) is 0 Å². The van der Waals surface area contributed by atoms with E-state index in [2.05, 4.69) is 5.32 Å². The Bertz CT molecular complexity index is 332. The highest BCUT2D eigenvalue weighted by Crippen LogP contribution is 2.00. The lowest BCUT2D eigenvalue weighted by molar-refractivity contribution is -0.120. The summed E-state index contributed by atoms with van der Waals surface area (Å²) in [5.74, 6) is -0.427. The van der Waals surface area contributed by atoms with Crippen LogP contribution in [0.25, 0.3) is 0 Å². The first-order chi connectivity index (χ1) is 8.26. The monoisotopic (exact) mass is 257 g/mol. The number of benzene rings is 1. The summed E-state index contributed by atoms with van der Waals surface area (Å²) in [4.78, 5) is 11.0. The van der Waals surface area contributed by atoms with Crippen molar-refractivity contribution in [3.05, 3.63) is 35.9 Å². The van der Waals surface area contributed by atoms with Gasteiger partial charge < -0.3 is 15.2 Å². The molecule has 1 atom stereocenters. The minimum atomic E-state index is -0.412. The molecule has 4 nitrogen and oxygen atoms in total. The number of rotatable bonds is 7. The number of carbonyl (C=O) groups is 1. The van der Waals surface area contributed by atoms with E-state index >= 15 is 0 Å². The fraction of sp³-hybridized carbons (Fsp3) is 0.417. The van der Waals surface area contributed by atoms with Gasteiger partial charge in [-0.2, -0.15) is 0 Å². The van der Waals surface area contributed by atoms with E-state index in [0.29, 0.717) is 6.61 Å². The topological polar surface area (TPSA) is 58.6 Å². The number of hydrogen-bond acceptors (Lipinski definition) is 3. The molecular formula is C12H16ClNO3. The summed E-state index contributed by atoms with van der Waals surface area (Å²) in [6, 6.07) is 9.27. The maximum absolute atomic E-state index is 11.0. The van der Waals surface area contributed by atoms with Crippen molar-refractivity contribution in [3.8, 4) is 0 Å². The molecule has 1 amide bonds. The molecule has 0 aliphatic heterocycles. The zero-order chi connectivity index (χ0) is 12.5. The van der Waals surface area contributed by atoms with Crippen LogP contribution in [0.15, 0.2) is 30.3 Å². The van der Waals surface area contributed by atoms with Gasteiger partial charge in [-0.05, 0) is 5.56 Å². The summed E-state index contributed by atoms with van der Waals surface area (Å²) in [5, 5.41) is 11.6. The molecule has 0 fully saturated rings. The van der Waals surface area contributed by atoms with Crippen LogP contribution in [0.4, 0.5) is 0 Å². The third kappa shape index (κ3) is 5.68. The number of ether oxygens (including phenoxy) is 1. The smallest absolute Gasteiger partial charge is 0.235 e. The van der Waals surface area contributed by atoms with E-state index in [1.54, 1.807) is 0 Å². The second kappa shape index (κ2) is 8.06. The van der Waals surface area contributed by atoms with E-state index in [4.69, 9.17) is 21.4 Å². The van der Waals surface area contributed by atoms with Gasteiger partial charge in [0.2, 0.25) is 5.91 Å². The van der Waals surface area contributed by atoms with E-state index in [1.807, 2.05) is 30.3 Å². The fourth-order valence-corrected chi connectivity index (χ4v) is 1.38. The first-order valence-electron chi connectivity index (χ1n) is 5.34. The Hall–Kier alpha value is -1.10. The van der Waals surface area contributed by atoms with E-state index in [1.165, 1.54) is 0 Å². The predicted octanol–water partition coefficient (Wildman–Crippen LogP) is 0.919. The van der Waals surface area contributed by atoms with Crippen LogP contribution in [0.3, 0.4) is 0 Å². The van der Waals surface area contributed by atoms with Gasteiger partial charge in [-0.3, -0.25) is 4.79 Å². The van der Waals surface area contributed by atoms with Gasteiger partial charge in [-0.1, -0.05) is 30.3 Å². The molecule has 0 saturated carbocycles. The van der Waals surface area contributed by atoms with Gasteiger partial charge in [0.15, 0.2) is 0 Å². The third-order valence-corrected chi connectivity index (χ3v) is 2.38. The average molecular weight is 258 g/mol. The van der Waals surface area contributed by atoms with Gasteiger partial charge in [-0.25, -0.2) is 0 Å². The largest absolute Gasteiger partial charge is 0.394 e. The number of amides is 1.